The maximum Gasteiger partial charge on any atom is 0.170 e. The second-order valence-electron chi connectivity index (χ2n) is 5.39. The zero-order chi connectivity index (χ0) is 14.8. The second kappa shape index (κ2) is 6.15. The van der Waals surface area contributed by atoms with Gasteiger partial charge in [0, 0.05) is 25.2 Å². The van der Waals surface area contributed by atoms with Gasteiger partial charge in [0.15, 0.2) is 5.82 Å². The number of nitrogens with one attached hydrogen (secondary N) is 1. The number of aromatic nitrogens is 3. The van der Waals surface area contributed by atoms with Crippen LogP contribution in [0.15, 0.2) is 22.7 Å². The van der Waals surface area contributed by atoms with Gasteiger partial charge in [0.05, 0.1) is 4.47 Å². The molecule has 1 aromatic carbocycles. The van der Waals surface area contributed by atoms with Crippen molar-refractivity contribution >= 4 is 15.9 Å². The van der Waals surface area contributed by atoms with E-state index >= 15 is 0 Å². The zero-order valence-electron chi connectivity index (χ0n) is 12.3. The Balaban J connectivity index is 1.72. The molecule has 0 radical (unpaired) electrons. The Morgan fingerprint density at radius 3 is 2.86 bits per heavy atom. The van der Waals surface area contributed by atoms with Crippen LogP contribution in [0.3, 0.4) is 0 Å². The van der Waals surface area contributed by atoms with Gasteiger partial charge in [0.25, 0.3) is 0 Å². The molecule has 1 aromatic heterocycles. The van der Waals surface area contributed by atoms with Gasteiger partial charge in [-0.15, -0.1) is 10.2 Å². The standard InChI is InChI=1S/C15H19BrN4O/c1-10-18-19-14(20(10)2)9-21-15-11(4-3-5-13(15)16)8-17-12-6-7-12/h3-5,12,17H,6-9H2,1-2H3. The van der Waals surface area contributed by atoms with Crippen LogP contribution < -0.4 is 10.1 Å². The van der Waals surface area contributed by atoms with Gasteiger partial charge in [0.2, 0.25) is 0 Å². The first kappa shape index (κ1) is 14.5. The van der Waals surface area contributed by atoms with E-state index in [9.17, 15) is 0 Å². The molecule has 1 aliphatic rings. The van der Waals surface area contributed by atoms with Crippen molar-refractivity contribution < 1.29 is 4.74 Å². The van der Waals surface area contributed by atoms with Gasteiger partial charge in [-0.1, -0.05) is 12.1 Å². The molecular weight excluding hydrogens is 332 g/mol. The fourth-order valence-corrected chi connectivity index (χ4v) is 2.63. The van der Waals surface area contributed by atoms with Crippen LogP contribution in [-0.4, -0.2) is 20.8 Å². The number of hydrogen-bond donors (Lipinski definition) is 1. The highest BCUT2D eigenvalue weighted by atomic mass is 79.9. The van der Waals surface area contributed by atoms with Crippen molar-refractivity contribution in [2.24, 2.45) is 7.05 Å². The van der Waals surface area contributed by atoms with E-state index < -0.39 is 0 Å². The molecule has 0 unspecified atom stereocenters. The fourth-order valence-electron chi connectivity index (χ4n) is 2.11. The van der Waals surface area contributed by atoms with Crippen LogP contribution in [-0.2, 0) is 20.2 Å². The monoisotopic (exact) mass is 350 g/mol. The minimum Gasteiger partial charge on any atom is -0.484 e. The lowest BCUT2D eigenvalue weighted by Crippen LogP contribution is -2.16. The number of ether oxygens (including phenoxy) is 1. The van der Waals surface area contributed by atoms with E-state index in [-0.39, 0.29) is 0 Å². The summed E-state index contributed by atoms with van der Waals surface area (Å²) in [6.45, 7) is 3.17. The highest BCUT2D eigenvalue weighted by Gasteiger charge is 2.21. The smallest absolute Gasteiger partial charge is 0.170 e. The average molecular weight is 351 g/mol. The molecule has 5 nitrogen and oxygen atoms in total. The summed E-state index contributed by atoms with van der Waals surface area (Å²) in [4.78, 5) is 0. The van der Waals surface area contributed by atoms with Crippen molar-refractivity contribution in [3.05, 3.63) is 39.9 Å². The van der Waals surface area contributed by atoms with Crippen molar-refractivity contribution in [3.63, 3.8) is 0 Å². The van der Waals surface area contributed by atoms with Crippen molar-refractivity contribution in [3.8, 4) is 5.75 Å². The number of nitrogens with zero attached hydrogens (tertiary/aromatic N) is 3. The molecule has 0 spiro atoms. The maximum absolute atomic E-state index is 5.99. The summed E-state index contributed by atoms with van der Waals surface area (Å²) in [5.74, 6) is 2.59. The van der Waals surface area contributed by atoms with Crippen LogP contribution in [0.4, 0.5) is 0 Å². The van der Waals surface area contributed by atoms with E-state index in [1.54, 1.807) is 0 Å². The minimum absolute atomic E-state index is 0.413. The van der Waals surface area contributed by atoms with Crippen LogP contribution in [0.5, 0.6) is 5.75 Å². The lowest BCUT2D eigenvalue weighted by Gasteiger charge is -2.13. The van der Waals surface area contributed by atoms with Crippen LogP contribution in [0, 0.1) is 6.92 Å². The molecule has 2 aromatic rings. The van der Waals surface area contributed by atoms with Crippen LogP contribution >= 0.6 is 15.9 Å². The number of halogens is 1. The van der Waals surface area contributed by atoms with E-state index in [0.717, 1.165) is 34.0 Å². The molecule has 0 atom stereocenters. The van der Waals surface area contributed by atoms with Crippen LogP contribution in [0.25, 0.3) is 0 Å². The molecule has 0 amide bonds. The third-order valence-electron chi connectivity index (χ3n) is 3.74. The Labute approximate surface area is 132 Å². The second-order valence-corrected chi connectivity index (χ2v) is 6.25. The Kier molecular flexibility index (Phi) is 4.26. The molecule has 0 bridgehead atoms. The van der Waals surface area contributed by atoms with E-state index in [1.165, 1.54) is 12.8 Å². The SMILES string of the molecule is Cc1nnc(COc2c(Br)cccc2CNC2CC2)n1C. The number of para-hydroxylation sites is 1. The van der Waals surface area contributed by atoms with Gasteiger partial charge in [0.1, 0.15) is 18.2 Å². The molecule has 0 saturated heterocycles. The average Bonchev–Trinajstić information content (AvgIpc) is 3.25. The van der Waals surface area contributed by atoms with Crippen molar-refractivity contribution in [2.45, 2.75) is 39.0 Å². The van der Waals surface area contributed by atoms with Crippen LogP contribution in [0.2, 0.25) is 0 Å². The largest absolute Gasteiger partial charge is 0.484 e. The summed E-state index contributed by atoms with van der Waals surface area (Å²) >= 11 is 3.57. The first-order valence-electron chi connectivity index (χ1n) is 7.13. The zero-order valence-corrected chi connectivity index (χ0v) is 13.9. The number of rotatable bonds is 6. The summed E-state index contributed by atoms with van der Waals surface area (Å²) in [7, 11) is 1.95. The Morgan fingerprint density at radius 1 is 1.38 bits per heavy atom. The summed E-state index contributed by atoms with van der Waals surface area (Å²) in [5, 5.41) is 11.7. The molecule has 1 heterocycles. The van der Waals surface area contributed by atoms with E-state index in [1.807, 2.05) is 30.7 Å². The lowest BCUT2D eigenvalue weighted by molar-refractivity contribution is 0.285. The third kappa shape index (κ3) is 3.44. The summed E-state index contributed by atoms with van der Waals surface area (Å²) in [6.07, 6.45) is 2.56. The molecule has 21 heavy (non-hydrogen) atoms. The van der Waals surface area contributed by atoms with Crippen molar-refractivity contribution in [1.29, 1.82) is 0 Å². The van der Waals surface area contributed by atoms with Crippen molar-refractivity contribution in [1.82, 2.24) is 20.1 Å². The molecule has 1 aliphatic carbocycles. The maximum atomic E-state index is 5.99. The van der Waals surface area contributed by atoms with Crippen molar-refractivity contribution in [2.75, 3.05) is 0 Å². The molecular formula is C15H19BrN4O. The molecule has 1 N–H and O–H groups in total. The lowest BCUT2D eigenvalue weighted by atomic mass is 10.2. The molecule has 1 saturated carbocycles. The predicted molar refractivity (Wildman–Crippen MR) is 84.1 cm³/mol. The van der Waals surface area contributed by atoms with Crippen LogP contribution in [0.1, 0.15) is 30.1 Å². The number of benzene rings is 1. The summed E-state index contributed by atoms with van der Waals surface area (Å²) in [5.41, 5.74) is 1.16. The van der Waals surface area contributed by atoms with Gasteiger partial charge in [-0.25, -0.2) is 0 Å². The van der Waals surface area contributed by atoms with Gasteiger partial charge in [-0.3, -0.25) is 0 Å². The summed E-state index contributed by atoms with van der Waals surface area (Å²) in [6, 6.07) is 6.81. The van der Waals surface area contributed by atoms with E-state index in [0.29, 0.717) is 12.6 Å². The van der Waals surface area contributed by atoms with E-state index in [4.69, 9.17) is 4.74 Å². The highest BCUT2D eigenvalue weighted by Crippen LogP contribution is 2.30. The van der Waals surface area contributed by atoms with E-state index in [2.05, 4.69) is 37.5 Å². The molecule has 0 aliphatic heterocycles. The minimum atomic E-state index is 0.413. The molecule has 6 heteroatoms. The predicted octanol–water partition coefficient (Wildman–Crippen LogP) is 2.72. The Morgan fingerprint density at radius 2 is 2.19 bits per heavy atom. The molecule has 1 fully saturated rings. The number of hydrogen-bond acceptors (Lipinski definition) is 4. The normalized spacial score (nSPS) is 14.4. The fraction of sp³-hybridized carbons (Fsp3) is 0.467. The first-order valence-corrected chi connectivity index (χ1v) is 7.93. The molecule has 112 valence electrons. The van der Waals surface area contributed by atoms with Gasteiger partial charge in [-0.2, -0.15) is 0 Å². The molecule has 3 rings (SSSR count). The summed E-state index contributed by atoms with van der Waals surface area (Å²) < 4.78 is 8.90. The quantitative estimate of drug-likeness (QED) is 0.870. The number of aryl methyl sites for hydroxylation is 1. The third-order valence-corrected chi connectivity index (χ3v) is 4.36. The van der Waals surface area contributed by atoms with Gasteiger partial charge < -0.3 is 14.6 Å². The highest BCUT2D eigenvalue weighted by molar-refractivity contribution is 9.10. The topological polar surface area (TPSA) is 52.0 Å². The van der Waals surface area contributed by atoms with Gasteiger partial charge >= 0.3 is 0 Å². The first-order chi connectivity index (χ1) is 10.1. The Hall–Kier alpha value is -1.40. The Bertz CT molecular complexity index is 637. The van der Waals surface area contributed by atoms with Gasteiger partial charge in [-0.05, 0) is 41.8 Å².